The van der Waals surface area contributed by atoms with Crippen molar-refractivity contribution in [3.05, 3.63) is 22.8 Å². The summed E-state index contributed by atoms with van der Waals surface area (Å²) < 4.78 is 6.08. The molecule has 1 saturated heterocycles. The van der Waals surface area contributed by atoms with Crippen molar-refractivity contribution in [1.82, 2.24) is 0 Å². The summed E-state index contributed by atoms with van der Waals surface area (Å²) in [6.45, 7) is 2.62. The van der Waals surface area contributed by atoms with Gasteiger partial charge >= 0.3 is 5.97 Å². The third-order valence-electron chi connectivity index (χ3n) is 8.88. The Labute approximate surface area is 167 Å². The van der Waals surface area contributed by atoms with Gasteiger partial charge < -0.3 is 9.84 Å². The van der Waals surface area contributed by atoms with Crippen LogP contribution < -0.4 is 0 Å². The number of fused-ring (bicyclic) bond motifs is 5. The third-order valence-corrected chi connectivity index (χ3v) is 8.88. The SMILES string of the molecule is C[C@]12C[C@H](CCCO)C3=C4CCC(=O)C=C4CCC3C1CC[C@@]21CCC(=O)O1. The van der Waals surface area contributed by atoms with Gasteiger partial charge in [-0.05, 0) is 92.8 Å². The van der Waals surface area contributed by atoms with Gasteiger partial charge in [0.05, 0.1) is 0 Å². The summed E-state index contributed by atoms with van der Waals surface area (Å²) >= 11 is 0. The lowest BCUT2D eigenvalue weighted by Crippen LogP contribution is -2.52. The van der Waals surface area contributed by atoms with Gasteiger partial charge in [0.1, 0.15) is 5.60 Å². The van der Waals surface area contributed by atoms with Crippen molar-refractivity contribution in [3.8, 4) is 0 Å². The second-order valence-corrected chi connectivity index (χ2v) is 10.0. The fourth-order valence-electron chi connectivity index (χ4n) is 7.70. The standard InChI is InChI=1S/C24H32O4/c1-23-14-16(3-2-12-25)22-18-7-5-17(26)13-15(18)4-6-19(22)20(23)8-10-24(23)11-9-21(27)28-24/h13,16,19-20,25H,2-12,14H2,1H3/t16-,19?,20?,23-,24+/m0/s1. The van der Waals surface area contributed by atoms with Crippen molar-refractivity contribution in [2.24, 2.45) is 23.2 Å². The summed E-state index contributed by atoms with van der Waals surface area (Å²) in [7, 11) is 0. The molecule has 0 amide bonds. The first-order valence-electron chi connectivity index (χ1n) is 11.3. The Hall–Kier alpha value is -1.42. The van der Waals surface area contributed by atoms with E-state index in [0.29, 0.717) is 30.6 Å². The Morgan fingerprint density at radius 1 is 1.14 bits per heavy atom. The number of hydrogen-bond acceptors (Lipinski definition) is 4. The average molecular weight is 385 g/mol. The molecule has 28 heavy (non-hydrogen) atoms. The Kier molecular flexibility index (Phi) is 4.35. The lowest BCUT2D eigenvalue weighted by molar-refractivity contribution is -0.163. The second kappa shape index (κ2) is 6.55. The lowest BCUT2D eigenvalue weighted by Gasteiger charge is -2.54. The zero-order chi connectivity index (χ0) is 19.5. The molecule has 0 aromatic heterocycles. The quantitative estimate of drug-likeness (QED) is 0.738. The number of allylic oxidation sites excluding steroid dienone is 4. The highest BCUT2D eigenvalue weighted by atomic mass is 16.6. The summed E-state index contributed by atoms with van der Waals surface area (Å²) in [5.41, 5.74) is 4.16. The van der Waals surface area contributed by atoms with Gasteiger partial charge in [0.2, 0.25) is 0 Å². The van der Waals surface area contributed by atoms with Crippen LogP contribution in [0, 0.1) is 23.2 Å². The average Bonchev–Trinajstić information content (AvgIpc) is 3.19. The molecule has 0 radical (unpaired) electrons. The van der Waals surface area contributed by atoms with Crippen molar-refractivity contribution in [2.45, 2.75) is 83.2 Å². The van der Waals surface area contributed by atoms with Gasteiger partial charge in [-0.2, -0.15) is 0 Å². The minimum absolute atomic E-state index is 0.0161. The number of rotatable bonds is 3. The van der Waals surface area contributed by atoms with Crippen molar-refractivity contribution >= 4 is 11.8 Å². The lowest BCUT2D eigenvalue weighted by atomic mass is 9.51. The molecule has 5 aliphatic rings. The third kappa shape index (κ3) is 2.52. The van der Waals surface area contributed by atoms with Crippen molar-refractivity contribution in [3.63, 3.8) is 0 Å². The van der Waals surface area contributed by atoms with Gasteiger partial charge in [-0.25, -0.2) is 0 Å². The first-order valence-corrected chi connectivity index (χ1v) is 11.3. The first kappa shape index (κ1) is 18.6. The van der Waals surface area contributed by atoms with Crippen LogP contribution in [-0.2, 0) is 14.3 Å². The molecule has 0 aromatic carbocycles. The molecule has 0 bridgehead atoms. The predicted octanol–water partition coefficient (Wildman–Crippen LogP) is 4.27. The molecular formula is C24H32O4. The minimum Gasteiger partial charge on any atom is -0.458 e. The molecule has 5 atom stereocenters. The maximum atomic E-state index is 12.1. The van der Waals surface area contributed by atoms with E-state index in [4.69, 9.17) is 4.74 Å². The van der Waals surface area contributed by atoms with Gasteiger partial charge in [0.25, 0.3) is 0 Å². The minimum atomic E-state index is -0.263. The van der Waals surface area contributed by atoms with Crippen LogP contribution in [0.3, 0.4) is 0 Å². The Bertz CT molecular complexity index is 777. The molecule has 1 N–H and O–H groups in total. The topological polar surface area (TPSA) is 63.6 Å². The first-order chi connectivity index (χ1) is 13.5. The molecule has 3 fully saturated rings. The Morgan fingerprint density at radius 3 is 2.75 bits per heavy atom. The van der Waals surface area contributed by atoms with E-state index < -0.39 is 0 Å². The molecule has 4 heteroatoms. The van der Waals surface area contributed by atoms with Crippen LogP contribution in [0.15, 0.2) is 22.8 Å². The monoisotopic (exact) mass is 384 g/mol. The smallest absolute Gasteiger partial charge is 0.306 e. The molecule has 2 saturated carbocycles. The van der Waals surface area contributed by atoms with E-state index in [2.05, 4.69) is 6.92 Å². The molecular weight excluding hydrogens is 352 g/mol. The van der Waals surface area contributed by atoms with E-state index in [1.54, 1.807) is 5.57 Å². The summed E-state index contributed by atoms with van der Waals surface area (Å²) in [6, 6.07) is 0. The summed E-state index contributed by atoms with van der Waals surface area (Å²) in [5.74, 6) is 1.84. The molecule has 5 rings (SSSR count). The van der Waals surface area contributed by atoms with Gasteiger partial charge in [-0.1, -0.05) is 12.5 Å². The molecule has 2 unspecified atom stereocenters. The van der Waals surface area contributed by atoms with Crippen molar-refractivity contribution in [1.29, 1.82) is 0 Å². The number of ether oxygens (including phenoxy) is 1. The number of carbonyl (C=O) groups excluding carboxylic acids is 2. The molecule has 1 heterocycles. The molecule has 4 nitrogen and oxygen atoms in total. The molecule has 0 aromatic rings. The summed E-state index contributed by atoms with van der Waals surface area (Å²) in [6.07, 6.45) is 12.1. The zero-order valence-electron chi connectivity index (χ0n) is 17.0. The van der Waals surface area contributed by atoms with Crippen molar-refractivity contribution in [2.75, 3.05) is 6.61 Å². The van der Waals surface area contributed by atoms with E-state index in [9.17, 15) is 14.7 Å². The fourth-order valence-corrected chi connectivity index (χ4v) is 7.70. The second-order valence-electron chi connectivity index (χ2n) is 10.0. The van der Waals surface area contributed by atoms with Crippen LogP contribution in [-0.4, -0.2) is 29.1 Å². The maximum Gasteiger partial charge on any atom is 0.306 e. The number of hydrogen-bond donors (Lipinski definition) is 1. The van der Waals surface area contributed by atoms with E-state index >= 15 is 0 Å². The predicted molar refractivity (Wildman–Crippen MR) is 105 cm³/mol. The largest absolute Gasteiger partial charge is 0.458 e. The molecule has 152 valence electrons. The number of ketones is 1. The van der Waals surface area contributed by atoms with Crippen LogP contribution in [0.5, 0.6) is 0 Å². The maximum absolute atomic E-state index is 12.1. The number of aliphatic hydroxyl groups excluding tert-OH is 1. The Balaban J connectivity index is 1.58. The molecule has 1 aliphatic heterocycles. The van der Waals surface area contributed by atoms with Crippen molar-refractivity contribution < 1.29 is 19.4 Å². The van der Waals surface area contributed by atoms with E-state index in [1.807, 2.05) is 6.08 Å². The van der Waals surface area contributed by atoms with E-state index in [1.165, 1.54) is 11.1 Å². The van der Waals surface area contributed by atoms with Gasteiger partial charge in [0, 0.05) is 24.9 Å². The van der Waals surface area contributed by atoms with E-state index in [-0.39, 0.29) is 29.4 Å². The van der Waals surface area contributed by atoms with Gasteiger partial charge in [-0.15, -0.1) is 0 Å². The van der Waals surface area contributed by atoms with Crippen LogP contribution in [0.4, 0.5) is 0 Å². The van der Waals surface area contributed by atoms with Crippen LogP contribution >= 0.6 is 0 Å². The fraction of sp³-hybridized carbons (Fsp3) is 0.750. The number of esters is 1. The highest BCUT2D eigenvalue weighted by molar-refractivity contribution is 5.93. The summed E-state index contributed by atoms with van der Waals surface area (Å²) in [5, 5.41) is 9.51. The summed E-state index contributed by atoms with van der Waals surface area (Å²) in [4.78, 5) is 24.1. The highest BCUT2D eigenvalue weighted by Crippen LogP contribution is 2.68. The molecule has 4 aliphatic carbocycles. The zero-order valence-corrected chi connectivity index (χ0v) is 17.0. The number of aliphatic hydroxyl groups is 1. The number of carbonyl (C=O) groups is 2. The highest BCUT2D eigenvalue weighted by Gasteiger charge is 2.66. The van der Waals surface area contributed by atoms with Crippen LogP contribution in [0.2, 0.25) is 0 Å². The molecule has 1 spiro atoms. The van der Waals surface area contributed by atoms with Crippen LogP contribution in [0.25, 0.3) is 0 Å². The Morgan fingerprint density at radius 2 is 2.00 bits per heavy atom. The van der Waals surface area contributed by atoms with Gasteiger partial charge in [0.15, 0.2) is 5.78 Å². The van der Waals surface area contributed by atoms with Crippen LogP contribution in [0.1, 0.15) is 77.6 Å². The normalized spacial score (nSPS) is 42.2. The van der Waals surface area contributed by atoms with E-state index in [0.717, 1.165) is 57.8 Å². The van der Waals surface area contributed by atoms with Gasteiger partial charge in [-0.3, -0.25) is 9.59 Å².